The first-order valence-corrected chi connectivity index (χ1v) is 6.57. The van der Waals surface area contributed by atoms with E-state index < -0.39 is 5.82 Å². The van der Waals surface area contributed by atoms with E-state index in [0.29, 0.717) is 17.9 Å². The van der Waals surface area contributed by atoms with Crippen LogP contribution in [0.3, 0.4) is 0 Å². The van der Waals surface area contributed by atoms with Crippen LogP contribution in [-0.2, 0) is 0 Å². The molecule has 1 aromatic carbocycles. The van der Waals surface area contributed by atoms with Gasteiger partial charge in [0, 0.05) is 17.3 Å². The fourth-order valence-electron chi connectivity index (χ4n) is 1.65. The van der Waals surface area contributed by atoms with Crippen molar-refractivity contribution in [3.05, 3.63) is 58.6 Å². The molecule has 3 nitrogen and oxygen atoms in total. The van der Waals surface area contributed by atoms with Crippen LogP contribution < -0.4 is 4.74 Å². The van der Waals surface area contributed by atoms with E-state index in [1.54, 1.807) is 6.07 Å². The van der Waals surface area contributed by atoms with Crippen LogP contribution in [0.25, 0.3) is 0 Å². The number of pyridine rings is 1. The van der Waals surface area contributed by atoms with Crippen molar-refractivity contribution < 1.29 is 13.9 Å². The van der Waals surface area contributed by atoms with Gasteiger partial charge in [-0.15, -0.1) is 0 Å². The molecule has 0 fully saturated rings. The van der Waals surface area contributed by atoms with Crippen LogP contribution in [0.4, 0.5) is 4.39 Å². The molecule has 2 rings (SSSR count). The van der Waals surface area contributed by atoms with Gasteiger partial charge in [-0.1, -0.05) is 18.5 Å². The molecule has 0 spiro atoms. The number of benzene rings is 1. The number of hydrogen-bond donors (Lipinski definition) is 0. The largest absolute Gasteiger partial charge is 0.492 e. The van der Waals surface area contributed by atoms with E-state index in [2.05, 4.69) is 4.98 Å². The molecule has 0 aliphatic carbocycles. The van der Waals surface area contributed by atoms with Crippen molar-refractivity contribution in [2.75, 3.05) is 6.61 Å². The lowest BCUT2D eigenvalue weighted by Gasteiger charge is -2.06. The molecule has 0 saturated heterocycles. The molecule has 1 aromatic heterocycles. The first-order chi connectivity index (χ1) is 9.61. The Labute approximate surface area is 121 Å². The maximum atomic E-state index is 13.4. The van der Waals surface area contributed by atoms with Crippen molar-refractivity contribution in [2.24, 2.45) is 0 Å². The minimum atomic E-state index is -0.621. The topological polar surface area (TPSA) is 39.2 Å². The Morgan fingerprint density at radius 3 is 2.80 bits per heavy atom. The molecule has 2 aromatic rings. The van der Waals surface area contributed by atoms with E-state index in [1.165, 1.54) is 24.5 Å². The highest BCUT2D eigenvalue weighted by atomic mass is 35.5. The van der Waals surface area contributed by atoms with E-state index in [0.717, 1.165) is 12.5 Å². The second-order valence-corrected chi connectivity index (χ2v) is 4.62. The van der Waals surface area contributed by atoms with Gasteiger partial charge < -0.3 is 4.74 Å². The van der Waals surface area contributed by atoms with Gasteiger partial charge >= 0.3 is 0 Å². The first-order valence-electron chi connectivity index (χ1n) is 6.19. The minimum Gasteiger partial charge on any atom is -0.492 e. The van der Waals surface area contributed by atoms with E-state index in [-0.39, 0.29) is 16.4 Å². The van der Waals surface area contributed by atoms with Gasteiger partial charge in [-0.3, -0.25) is 9.78 Å². The van der Waals surface area contributed by atoms with Crippen LogP contribution in [0.2, 0.25) is 5.02 Å². The Bertz CT molecular complexity index is 631. The third-order valence-electron chi connectivity index (χ3n) is 2.63. The van der Waals surface area contributed by atoms with Crippen molar-refractivity contribution in [2.45, 2.75) is 13.3 Å². The Kier molecular flexibility index (Phi) is 4.69. The third kappa shape index (κ3) is 3.33. The third-order valence-corrected chi connectivity index (χ3v) is 2.94. The second kappa shape index (κ2) is 6.48. The summed E-state index contributed by atoms with van der Waals surface area (Å²) in [4.78, 5) is 16.2. The molecular formula is C15H13ClFNO2. The zero-order valence-electron chi connectivity index (χ0n) is 10.9. The maximum absolute atomic E-state index is 13.4. The van der Waals surface area contributed by atoms with E-state index >= 15 is 0 Å². The predicted octanol–water partition coefficient (Wildman–Crippen LogP) is 3.89. The lowest BCUT2D eigenvalue weighted by atomic mass is 10.0. The quantitative estimate of drug-likeness (QED) is 0.785. The summed E-state index contributed by atoms with van der Waals surface area (Å²) in [5.41, 5.74) is 0.571. The number of ketones is 1. The second-order valence-electron chi connectivity index (χ2n) is 4.22. The zero-order valence-corrected chi connectivity index (χ0v) is 11.7. The molecular weight excluding hydrogens is 281 g/mol. The average molecular weight is 294 g/mol. The van der Waals surface area contributed by atoms with Crippen LogP contribution in [0.1, 0.15) is 29.3 Å². The van der Waals surface area contributed by atoms with Crippen molar-refractivity contribution >= 4 is 17.4 Å². The highest BCUT2D eigenvalue weighted by Crippen LogP contribution is 2.19. The van der Waals surface area contributed by atoms with Crippen LogP contribution in [-0.4, -0.2) is 17.4 Å². The zero-order chi connectivity index (χ0) is 14.5. The SMILES string of the molecule is CCCOc1cncc(C(=O)c2ccc(Cl)c(F)c2)c1. The highest BCUT2D eigenvalue weighted by Gasteiger charge is 2.12. The summed E-state index contributed by atoms with van der Waals surface area (Å²) in [5.74, 6) is -0.425. The number of nitrogens with zero attached hydrogens (tertiary/aromatic N) is 1. The fraction of sp³-hybridized carbons (Fsp3) is 0.200. The van der Waals surface area contributed by atoms with Crippen LogP contribution in [0.5, 0.6) is 5.75 Å². The Balaban J connectivity index is 2.26. The number of aromatic nitrogens is 1. The van der Waals surface area contributed by atoms with Gasteiger partial charge in [0.2, 0.25) is 0 Å². The normalized spacial score (nSPS) is 10.3. The van der Waals surface area contributed by atoms with Gasteiger partial charge in [0.1, 0.15) is 11.6 Å². The maximum Gasteiger partial charge on any atom is 0.194 e. The molecule has 0 aliphatic heterocycles. The van der Waals surface area contributed by atoms with Gasteiger partial charge in [0.15, 0.2) is 5.78 Å². The molecule has 20 heavy (non-hydrogen) atoms. The first kappa shape index (κ1) is 14.5. The van der Waals surface area contributed by atoms with Gasteiger partial charge in [0.25, 0.3) is 0 Å². The number of halogens is 2. The van der Waals surface area contributed by atoms with E-state index in [4.69, 9.17) is 16.3 Å². The van der Waals surface area contributed by atoms with Gasteiger partial charge in [-0.25, -0.2) is 4.39 Å². The molecule has 0 aliphatic rings. The molecule has 0 N–H and O–H groups in total. The molecule has 0 amide bonds. The molecule has 104 valence electrons. The summed E-state index contributed by atoms with van der Waals surface area (Å²) in [6.07, 6.45) is 3.82. The van der Waals surface area contributed by atoms with Crippen molar-refractivity contribution in [1.82, 2.24) is 4.98 Å². The van der Waals surface area contributed by atoms with Gasteiger partial charge in [0.05, 0.1) is 17.8 Å². The lowest BCUT2D eigenvalue weighted by Crippen LogP contribution is -2.04. The lowest BCUT2D eigenvalue weighted by molar-refractivity contribution is 0.103. The molecule has 5 heteroatoms. The summed E-state index contributed by atoms with van der Waals surface area (Å²) >= 11 is 5.60. The predicted molar refractivity (Wildman–Crippen MR) is 74.9 cm³/mol. The standard InChI is InChI=1S/C15H13ClFNO2/c1-2-5-20-12-6-11(8-18-9-12)15(19)10-3-4-13(16)14(17)7-10/h3-4,6-9H,2,5H2,1H3. The minimum absolute atomic E-state index is 0.0142. The Morgan fingerprint density at radius 2 is 2.10 bits per heavy atom. The van der Waals surface area contributed by atoms with Crippen molar-refractivity contribution in [3.63, 3.8) is 0 Å². The molecule has 0 unspecified atom stereocenters. The van der Waals surface area contributed by atoms with E-state index in [9.17, 15) is 9.18 Å². The van der Waals surface area contributed by atoms with Crippen molar-refractivity contribution in [3.8, 4) is 5.75 Å². The summed E-state index contributed by atoms with van der Waals surface area (Å²) in [5, 5.41) is -0.0142. The molecule has 1 heterocycles. The Morgan fingerprint density at radius 1 is 1.30 bits per heavy atom. The van der Waals surface area contributed by atoms with Crippen LogP contribution in [0.15, 0.2) is 36.7 Å². The summed E-state index contributed by atoms with van der Waals surface area (Å²) in [7, 11) is 0. The van der Waals surface area contributed by atoms with E-state index in [1.807, 2.05) is 6.92 Å². The van der Waals surface area contributed by atoms with Gasteiger partial charge in [-0.2, -0.15) is 0 Å². The van der Waals surface area contributed by atoms with Crippen molar-refractivity contribution in [1.29, 1.82) is 0 Å². The number of ether oxygens (including phenoxy) is 1. The van der Waals surface area contributed by atoms with Gasteiger partial charge in [-0.05, 0) is 30.7 Å². The smallest absolute Gasteiger partial charge is 0.194 e. The summed E-state index contributed by atoms with van der Waals surface area (Å²) < 4.78 is 18.8. The monoisotopic (exact) mass is 293 g/mol. The fourth-order valence-corrected chi connectivity index (χ4v) is 1.76. The summed E-state index contributed by atoms with van der Waals surface area (Å²) in [6.45, 7) is 2.54. The average Bonchev–Trinajstić information content (AvgIpc) is 2.47. The number of hydrogen-bond acceptors (Lipinski definition) is 3. The number of carbonyl (C=O) groups excluding carboxylic acids is 1. The summed E-state index contributed by atoms with van der Waals surface area (Å²) in [6, 6.07) is 5.55. The Hall–Kier alpha value is -1.94. The highest BCUT2D eigenvalue weighted by molar-refractivity contribution is 6.30. The molecule has 0 atom stereocenters. The number of rotatable bonds is 5. The number of carbonyl (C=O) groups is 1. The molecule has 0 saturated carbocycles. The molecule has 0 radical (unpaired) electrons. The van der Waals surface area contributed by atoms with Crippen LogP contribution >= 0.6 is 11.6 Å². The molecule has 0 bridgehead atoms. The van der Waals surface area contributed by atoms with Crippen LogP contribution in [0, 0.1) is 5.82 Å².